The lowest BCUT2D eigenvalue weighted by Gasteiger charge is -2.27. The molecule has 118 valence electrons. The number of nitriles is 1. The molecule has 0 saturated carbocycles. The molecule has 1 aliphatic rings. The zero-order valence-electron chi connectivity index (χ0n) is 13.2. The van der Waals surface area contributed by atoms with Crippen LogP contribution in [0.2, 0.25) is 0 Å². The monoisotopic (exact) mass is 310 g/mol. The zero-order chi connectivity index (χ0) is 16.2. The molecule has 6 nitrogen and oxygen atoms in total. The molecule has 1 fully saturated rings. The summed E-state index contributed by atoms with van der Waals surface area (Å²) in [6.45, 7) is 0.894. The summed E-state index contributed by atoms with van der Waals surface area (Å²) in [5.74, 6) is 2.42. The van der Waals surface area contributed by atoms with Crippen molar-refractivity contribution in [2.45, 2.75) is 18.9 Å². The van der Waals surface area contributed by atoms with Gasteiger partial charge >= 0.3 is 0 Å². The molecule has 0 N–H and O–H groups in total. The van der Waals surface area contributed by atoms with Crippen LogP contribution in [0.1, 0.15) is 30.1 Å². The second-order valence-electron chi connectivity index (χ2n) is 5.33. The summed E-state index contributed by atoms with van der Waals surface area (Å²) in [7, 11) is 3.33. The van der Waals surface area contributed by atoms with Crippen LogP contribution in [-0.4, -0.2) is 30.7 Å². The van der Waals surface area contributed by atoms with Gasteiger partial charge in [0, 0.05) is 12.1 Å². The van der Waals surface area contributed by atoms with E-state index in [1.807, 2.05) is 24.3 Å². The number of aromatic nitrogens is 2. The lowest BCUT2D eigenvalue weighted by Crippen LogP contribution is -2.24. The average molecular weight is 310 g/mol. The van der Waals surface area contributed by atoms with Crippen molar-refractivity contribution in [3.8, 4) is 17.6 Å². The minimum atomic E-state index is 0.155. The summed E-state index contributed by atoms with van der Waals surface area (Å²) in [6, 6.07) is 7.98. The summed E-state index contributed by atoms with van der Waals surface area (Å²) in [4.78, 5) is 10.7. The molecule has 0 radical (unpaired) electrons. The van der Waals surface area contributed by atoms with Crippen molar-refractivity contribution in [2.75, 3.05) is 25.7 Å². The van der Waals surface area contributed by atoms with Crippen LogP contribution in [0, 0.1) is 11.3 Å². The summed E-state index contributed by atoms with van der Waals surface area (Å²) in [5, 5.41) is 8.85. The first kappa shape index (κ1) is 15.1. The van der Waals surface area contributed by atoms with Gasteiger partial charge in [-0.1, -0.05) is 0 Å². The van der Waals surface area contributed by atoms with Gasteiger partial charge in [-0.3, -0.25) is 0 Å². The molecule has 1 unspecified atom stereocenters. The van der Waals surface area contributed by atoms with Crippen molar-refractivity contribution in [1.82, 2.24) is 9.97 Å². The van der Waals surface area contributed by atoms with Crippen LogP contribution in [0.15, 0.2) is 30.6 Å². The van der Waals surface area contributed by atoms with Crippen molar-refractivity contribution in [2.24, 2.45) is 0 Å². The highest BCUT2D eigenvalue weighted by molar-refractivity contribution is 5.49. The highest BCUT2D eigenvalue weighted by Gasteiger charge is 2.30. The Bertz CT molecular complexity index is 724. The molecule has 0 spiro atoms. The van der Waals surface area contributed by atoms with Gasteiger partial charge in [-0.25, -0.2) is 9.97 Å². The molecule has 1 saturated heterocycles. The topological polar surface area (TPSA) is 71.3 Å². The van der Waals surface area contributed by atoms with Crippen LogP contribution in [0.5, 0.6) is 11.5 Å². The third-order valence-electron chi connectivity index (χ3n) is 4.10. The fraction of sp³-hybridized carbons (Fsp3) is 0.353. The molecular formula is C17H18N4O2. The number of hydrogen-bond donors (Lipinski definition) is 0. The Kier molecular flexibility index (Phi) is 4.29. The number of ether oxygens (including phenoxy) is 2. The third kappa shape index (κ3) is 2.90. The summed E-state index contributed by atoms with van der Waals surface area (Å²) in [6.07, 6.45) is 5.23. The molecule has 3 rings (SSSR count). The molecule has 23 heavy (non-hydrogen) atoms. The minimum Gasteiger partial charge on any atom is -0.497 e. The molecule has 0 aliphatic carbocycles. The fourth-order valence-corrected chi connectivity index (χ4v) is 2.99. The van der Waals surface area contributed by atoms with Gasteiger partial charge in [0.25, 0.3) is 0 Å². The van der Waals surface area contributed by atoms with E-state index in [-0.39, 0.29) is 6.04 Å². The van der Waals surface area contributed by atoms with Crippen LogP contribution in [0.4, 0.5) is 5.82 Å². The molecular weight excluding hydrogens is 292 g/mol. The predicted octanol–water partition coefficient (Wildman–Crippen LogP) is 2.71. The van der Waals surface area contributed by atoms with Gasteiger partial charge in [-0.2, -0.15) is 5.26 Å². The average Bonchev–Trinajstić information content (AvgIpc) is 3.10. The zero-order valence-corrected chi connectivity index (χ0v) is 13.2. The Hall–Kier alpha value is -2.81. The number of nitrogens with zero attached hydrogens (tertiary/aromatic N) is 4. The molecule has 2 heterocycles. The maximum Gasteiger partial charge on any atom is 0.158 e. The third-order valence-corrected chi connectivity index (χ3v) is 4.10. The van der Waals surface area contributed by atoms with Gasteiger partial charge in [-0.15, -0.1) is 0 Å². The van der Waals surface area contributed by atoms with E-state index in [9.17, 15) is 0 Å². The standard InChI is InChI=1S/C17H18N4O2/c1-22-13-5-6-16(23-2)14(8-13)15-4-3-7-21(15)17-11-19-12(9-18)10-20-17/h5-6,8,10-11,15H,3-4,7H2,1-2H3. The maximum absolute atomic E-state index is 8.85. The van der Waals surface area contributed by atoms with E-state index in [0.717, 1.165) is 42.3 Å². The van der Waals surface area contributed by atoms with Crippen molar-refractivity contribution >= 4 is 5.82 Å². The number of methoxy groups -OCH3 is 2. The fourth-order valence-electron chi connectivity index (χ4n) is 2.99. The van der Waals surface area contributed by atoms with E-state index >= 15 is 0 Å². The van der Waals surface area contributed by atoms with Gasteiger partial charge in [0.05, 0.1) is 32.7 Å². The largest absolute Gasteiger partial charge is 0.497 e. The molecule has 1 aliphatic heterocycles. The normalized spacial score (nSPS) is 16.9. The lowest BCUT2D eigenvalue weighted by molar-refractivity contribution is 0.395. The molecule has 1 aromatic heterocycles. The van der Waals surface area contributed by atoms with Gasteiger partial charge in [0.2, 0.25) is 0 Å². The highest BCUT2D eigenvalue weighted by atomic mass is 16.5. The highest BCUT2D eigenvalue weighted by Crippen LogP contribution is 2.40. The second-order valence-corrected chi connectivity index (χ2v) is 5.33. The first-order valence-corrected chi connectivity index (χ1v) is 7.47. The molecule has 0 bridgehead atoms. The van der Waals surface area contributed by atoms with Gasteiger partial charge in [0.1, 0.15) is 23.4 Å². The Morgan fingerprint density at radius 3 is 2.74 bits per heavy atom. The number of hydrogen-bond acceptors (Lipinski definition) is 6. The van der Waals surface area contributed by atoms with Gasteiger partial charge in [0.15, 0.2) is 5.69 Å². The Morgan fingerprint density at radius 1 is 1.22 bits per heavy atom. The van der Waals surface area contributed by atoms with Gasteiger partial charge < -0.3 is 14.4 Å². The number of anilines is 1. The maximum atomic E-state index is 8.85. The van der Waals surface area contributed by atoms with Crippen molar-refractivity contribution in [1.29, 1.82) is 5.26 Å². The Labute approximate surface area is 135 Å². The predicted molar refractivity (Wildman–Crippen MR) is 85.6 cm³/mol. The van der Waals surface area contributed by atoms with Crippen LogP contribution < -0.4 is 14.4 Å². The van der Waals surface area contributed by atoms with E-state index < -0.39 is 0 Å². The van der Waals surface area contributed by atoms with E-state index in [1.54, 1.807) is 20.4 Å². The van der Waals surface area contributed by atoms with Gasteiger partial charge in [-0.05, 0) is 31.0 Å². The summed E-state index contributed by atoms with van der Waals surface area (Å²) in [5.41, 5.74) is 1.40. The SMILES string of the molecule is COc1ccc(OC)c(C2CCCN2c2cnc(C#N)cn2)c1. The molecule has 1 aromatic carbocycles. The molecule has 0 amide bonds. The minimum absolute atomic E-state index is 0.155. The molecule has 1 atom stereocenters. The summed E-state index contributed by atoms with van der Waals surface area (Å²) >= 11 is 0. The van der Waals surface area contributed by atoms with E-state index in [4.69, 9.17) is 14.7 Å². The van der Waals surface area contributed by atoms with Crippen molar-refractivity contribution in [3.63, 3.8) is 0 Å². The Morgan fingerprint density at radius 2 is 2.09 bits per heavy atom. The van der Waals surface area contributed by atoms with Crippen LogP contribution >= 0.6 is 0 Å². The first-order chi connectivity index (χ1) is 11.3. The smallest absolute Gasteiger partial charge is 0.158 e. The quantitative estimate of drug-likeness (QED) is 0.864. The first-order valence-electron chi connectivity index (χ1n) is 7.47. The van der Waals surface area contributed by atoms with E-state index in [2.05, 4.69) is 14.9 Å². The molecule has 6 heteroatoms. The molecule has 2 aromatic rings. The summed E-state index contributed by atoms with van der Waals surface area (Å²) < 4.78 is 10.9. The van der Waals surface area contributed by atoms with E-state index in [0.29, 0.717) is 5.69 Å². The van der Waals surface area contributed by atoms with E-state index in [1.165, 1.54) is 6.20 Å². The van der Waals surface area contributed by atoms with Crippen molar-refractivity contribution in [3.05, 3.63) is 41.9 Å². The number of rotatable bonds is 4. The van der Waals surface area contributed by atoms with Crippen LogP contribution in [-0.2, 0) is 0 Å². The Balaban J connectivity index is 1.96. The van der Waals surface area contributed by atoms with Crippen LogP contribution in [0.25, 0.3) is 0 Å². The van der Waals surface area contributed by atoms with Crippen molar-refractivity contribution < 1.29 is 9.47 Å². The second kappa shape index (κ2) is 6.53. The number of benzene rings is 1. The lowest BCUT2D eigenvalue weighted by atomic mass is 10.0. The van der Waals surface area contributed by atoms with Crippen LogP contribution in [0.3, 0.4) is 0 Å².